The highest BCUT2D eigenvalue weighted by atomic mass is 32.1. The average Bonchev–Trinajstić information content (AvgIpc) is 3.29. The van der Waals surface area contributed by atoms with Gasteiger partial charge >= 0.3 is 0 Å². The minimum absolute atomic E-state index is 0.00701. The van der Waals surface area contributed by atoms with Gasteiger partial charge in [0, 0.05) is 29.0 Å². The number of rotatable bonds is 4. The summed E-state index contributed by atoms with van der Waals surface area (Å²) < 4.78 is 2.38. The number of pyridine rings is 1. The fourth-order valence-electron chi connectivity index (χ4n) is 5.12. The quantitative estimate of drug-likeness (QED) is 0.393. The van der Waals surface area contributed by atoms with Gasteiger partial charge in [0.25, 0.3) is 0 Å². The number of hydrogen-bond acceptors (Lipinski definition) is 2. The molecule has 4 nitrogen and oxygen atoms in total. The Kier molecular flexibility index (Phi) is 5.22. The van der Waals surface area contributed by atoms with Gasteiger partial charge in [-0.3, -0.25) is 4.98 Å². The largest absolute Gasteiger partial charge is 0.352 e. The van der Waals surface area contributed by atoms with E-state index in [4.69, 9.17) is 12.2 Å². The van der Waals surface area contributed by atoms with E-state index in [9.17, 15) is 0 Å². The minimum atomic E-state index is 0.00701. The summed E-state index contributed by atoms with van der Waals surface area (Å²) in [5, 5.41) is 6.85. The summed E-state index contributed by atoms with van der Waals surface area (Å²) in [5.41, 5.74) is 5.96. The Morgan fingerprint density at radius 2 is 1.72 bits per heavy atom. The standard InChI is InChI=1S/C27H28N4S/c1-17(2)30-26(25(29-27(30)32)23-13-7-8-15-28-23)22-16-18(3)31(19(22)4)24-14-9-11-20-10-5-6-12-21(20)24/h5-17,25-26H,1-4H3,(H,29,32)/t25-,26+/m1/s1. The average molecular weight is 441 g/mol. The number of aromatic nitrogens is 2. The Labute approximate surface area is 194 Å². The second-order valence-corrected chi connectivity index (χ2v) is 9.17. The van der Waals surface area contributed by atoms with Crippen molar-refractivity contribution in [3.05, 3.63) is 95.6 Å². The van der Waals surface area contributed by atoms with Crippen molar-refractivity contribution in [1.82, 2.24) is 19.8 Å². The lowest BCUT2D eigenvalue weighted by Crippen LogP contribution is -2.35. The summed E-state index contributed by atoms with van der Waals surface area (Å²) in [7, 11) is 0. The zero-order valence-electron chi connectivity index (χ0n) is 18.9. The van der Waals surface area contributed by atoms with Gasteiger partial charge in [0.15, 0.2) is 5.11 Å². The predicted molar refractivity (Wildman–Crippen MR) is 135 cm³/mol. The van der Waals surface area contributed by atoms with Crippen molar-refractivity contribution in [3.8, 4) is 5.69 Å². The molecule has 2 aromatic carbocycles. The molecule has 5 rings (SSSR count). The van der Waals surface area contributed by atoms with Gasteiger partial charge < -0.3 is 14.8 Å². The van der Waals surface area contributed by atoms with Crippen LogP contribution in [0.25, 0.3) is 16.5 Å². The summed E-state index contributed by atoms with van der Waals surface area (Å²) in [6, 6.07) is 23.9. The van der Waals surface area contributed by atoms with Crippen molar-refractivity contribution in [2.24, 2.45) is 0 Å². The lowest BCUT2D eigenvalue weighted by Gasteiger charge is -2.31. The monoisotopic (exact) mass is 440 g/mol. The molecule has 1 fully saturated rings. The maximum atomic E-state index is 5.79. The molecule has 32 heavy (non-hydrogen) atoms. The number of benzene rings is 2. The molecule has 0 bridgehead atoms. The first-order chi connectivity index (χ1) is 15.5. The molecule has 0 radical (unpaired) electrons. The smallest absolute Gasteiger partial charge is 0.170 e. The predicted octanol–water partition coefficient (Wildman–Crippen LogP) is 6.02. The molecule has 3 heterocycles. The molecule has 2 atom stereocenters. The van der Waals surface area contributed by atoms with Crippen LogP contribution in [0, 0.1) is 13.8 Å². The summed E-state index contributed by atoms with van der Waals surface area (Å²) in [5.74, 6) is 0. The van der Waals surface area contributed by atoms with Crippen LogP contribution in [0.15, 0.2) is 72.9 Å². The van der Waals surface area contributed by atoms with Crippen LogP contribution in [0.2, 0.25) is 0 Å². The van der Waals surface area contributed by atoms with Crippen LogP contribution in [-0.2, 0) is 0 Å². The zero-order chi connectivity index (χ0) is 22.4. The number of thiocarbonyl (C=S) groups is 1. The maximum Gasteiger partial charge on any atom is 0.170 e. The molecule has 5 heteroatoms. The van der Waals surface area contributed by atoms with Gasteiger partial charge in [-0.2, -0.15) is 0 Å². The molecule has 4 aromatic rings. The molecular weight excluding hydrogens is 412 g/mol. The Morgan fingerprint density at radius 3 is 2.47 bits per heavy atom. The van der Waals surface area contributed by atoms with Gasteiger partial charge in [0.05, 0.1) is 23.5 Å². The molecule has 0 saturated carbocycles. The summed E-state index contributed by atoms with van der Waals surface area (Å²) in [6.45, 7) is 8.81. The molecular formula is C27H28N4S. The lowest BCUT2D eigenvalue weighted by atomic mass is 9.96. The van der Waals surface area contributed by atoms with Gasteiger partial charge in [-0.15, -0.1) is 0 Å². The lowest BCUT2D eigenvalue weighted by molar-refractivity contribution is 0.269. The topological polar surface area (TPSA) is 33.1 Å². The fourth-order valence-corrected chi connectivity index (χ4v) is 5.57. The molecule has 0 amide bonds. The highest BCUT2D eigenvalue weighted by molar-refractivity contribution is 7.80. The summed E-state index contributed by atoms with van der Waals surface area (Å²) >= 11 is 5.79. The first-order valence-corrected chi connectivity index (χ1v) is 11.5. The van der Waals surface area contributed by atoms with E-state index in [0.717, 1.165) is 10.8 Å². The second kappa shape index (κ2) is 8.06. The number of hydrogen-bond donors (Lipinski definition) is 1. The van der Waals surface area contributed by atoms with Crippen LogP contribution in [0.1, 0.15) is 48.6 Å². The third kappa shape index (κ3) is 3.28. The van der Waals surface area contributed by atoms with Gasteiger partial charge in [-0.05, 0) is 75.1 Å². The minimum Gasteiger partial charge on any atom is -0.352 e. The highest BCUT2D eigenvalue weighted by Crippen LogP contribution is 2.42. The molecule has 1 aliphatic heterocycles. The Balaban J connectivity index is 1.69. The number of aryl methyl sites for hydroxylation is 1. The number of fused-ring (bicyclic) bond motifs is 1. The third-order valence-corrected chi connectivity index (χ3v) is 6.82. The van der Waals surface area contributed by atoms with Crippen LogP contribution in [0.5, 0.6) is 0 Å². The van der Waals surface area contributed by atoms with Gasteiger partial charge in [0.2, 0.25) is 0 Å². The molecule has 2 aromatic heterocycles. The highest BCUT2D eigenvalue weighted by Gasteiger charge is 2.42. The Hall–Kier alpha value is -3.18. The summed E-state index contributed by atoms with van der Waals surface area (Å²) in [6.07, 6.45) is 1.86. The van der Waals surface area contributed by atoms with Crippen LogP contribution in [0.3, 0.4) is 0 Å². The first-order valence-electron chi connectivity index (χ1n) is 11.1. The first kappa shape index (κ1) is 20.7. The Bertz CT molecular complexity index is 1290. The molecule has 0 spiro atoms. The fraction of sp³-hybridized carbons (Fsp3) is 0.259. The van der Waals surface area contributed by atoms with Gasteiger partial charge in [0.1, 0.15) is 0 Å². The number of nitrogens with one attached hydrogen (secondary N) is 1. The van der Waals surface area contributed by atoms with Crippen LogP contribution in [-0.4, -0.2) is 25.6 Å². The van der Waals surface area contributed by atoms with E-state index >= 15 is 0 Å². The van der Waals surface area contributed by atoms with Crippen molar-refractivity contribution in [2.75, 3.05) is 0 Å². The van der Waals surface area contributed by atoms with E-state index in [1.54, 1.807) is 0 Å². The van der Waals surface area contributed by atoms with Crippen LogP contribution in [0.4, 0.5) is 0 Å². The Morgan fingerprint density at radius 1 is 0.969 bits per heavy atom. The van der Waals surface area contributed by atoms with Crippen molar-refractivity contribution >= 4 is 28.1 Å². The molecule has 1 N–H and O–H groups in total. The van der Waals surface area contributed by atoms with Crippen LogP contribution < -0.4 is 5.32 Å². The maximum absolute atomic E-state index is 5.79. The van der Waals surface area contributed by atoms with Gasteiger partial charge in [-0.25, -0.2) is 0 Å². The molecule has 0 aliphatic carbocycles. The zero-order valence-corrected chi connectivity index (χ0v) is 19.7. The van der Waals surface area contributed by atoms with E-state index in [2.05, 4.69) is 102 Å². The van der Waals surface area contributed by atoms with E-state index in [1.165, 1.54) is 33.4 Å². The van der Waals surface area contributed by atoms with Crippen molar-refractivity contribution < 1.29 is 0 Å². The normalized spacial score (nSPS) is 18.5. The van der Waals surface area contributed by atoms with E-state index in [1.807, 2.05) is 18.3 Å². The molecule has 1 saturated heterocycles. The third-order valence-electron chi connectivity index (χ3n) is 6.49. The molecule has 162 valence electrons. The van der Waals surface area contributed by atoms with Crippen LogP contribution >= 0.6 is 12.2 Å². The van der Waals surface area contributed by atoms with E-state index in [0.29, 0.717) is 0 Å². The second-order valence-electron chi connectivity index (χ2n) is 8.79. The van der Waals surface area contributed by atoms with E-state index < -0.39 is 0 Å². The van der Waals surface area contributed by atoms with Crippen molar-refractivity contribution in [2.45, 2.75) is 45.8 Å². The molecule has 0 unspecified atom stereocenters. The van der Waals surface area contributed by atoms with Crippen molar-refractivity contribution in [1.29, 1.82) is 0 Å². The number of nitrogens with zero attached hydrogens (tertiary/aromatic N) is 3. The summed E-state index contributed by atoms with van der Waals surface area (Å²) in [4.78, 5) is 6.99. The van der Waals surface area contributed by atoms with Gasteiger partial charge in [-0.1, -0.05) is 42.5 Å². The van der Waals surface area contributed by atoms with Crippen molar-refractivity contribution in [3.63, 3.8) is 0 Å². The SMILES string of the molecule is Cc1cc([C@H]2[C@@H](c3ccccn3)NC(=S)N2C(C)C)c(C)n1-c1cccc2ccccc12. The molecule has 1 aliphatic rings. The van der Waals surface area contributed by atoms with E-state index in [-0.39, 0.29) is 18.1 Å².